The number of hydrogen-bond acceptors (Lipinski definition) is 2. The Morgan fingerprint density at radius 2 is 1.81 bits per heavy atom. The van der Waals surface area contributed by atoms with Crippen molar-refractivity contribution in [3.05, 3.63) is 29.8 Å². The SMILES string of the molecule is CCC(=O)c1ccc(OC[B-](F)(F)F)cc1. The fourth-order valence-electron chi connectivity index (χ4n) is 1.13. The van der Waals surface area contributed by atoms with E-state index in [1.54, 1.807) is 6.92 Å². The Bertz CT molecular complexity index is 359. The Labute approximate surface area is 91.5 Å². The van der Waals surface area contributed by atoms with Gasteiger partial charge in [-0.15, -0.1) is 0 Å². The third kappa shape index (κ3) is 3.96. The molecule has 0 N–H and O–H groups in total. The van der Waals surface area contributed by atoms with Crippen LogP contribution in [0.1, 0.15) is 23.7 Å². The third-order valence-electron chi connectivity index (χ3n) is 1.94. The van der Waals surface area contributed by atoms with Crippen molar-refractivity contribution in [2.45, 2.75) is 13.3 Å². The molecule has 88 valence electrons. The molecule has 0 aliphatic carbocycles. The zero-order valence-corrected chi connectivity index (χ0v) is 8.75. The standard InChI is InChI=1S/C10H11BF3O2/c1-2-10(15)8-3-5-9(6-4-8)16-7-11(12,13)14/h3-6H,2,7H2,1H3/q-1. The van der Waals surface area contributed by atoms with Gasteiger partial charge in [0.05, 0.1) is 6.51 Å². The molecule has 1 rings (SSSR count). The number of carbonyl (C=O) groups excluding carboxylic acids is 1. The van der Waals surface area contributed by atoms with Gasteiger partial charge in [-0.3, -0.25) is 4.79 Å². The van der Waals surface area contributed by atoms with Crippen molar-refractivity contribution in [3.63, 3.8) is 0 Å². The Hall–Kier alpha value is -1.46. The van der Waals surface area contributed by atoms with Crippen LogP contribution in [0.3, 0.4) is 0 Å². The van der Waals surface area contributed by atoms with E-state index in [0.29, 0.717) is 12.0 Å². The number of carbonyl (C=O) groups is 1. The summed E-state index contributed by atoms with van der Waals surface area (Å²) in [6, 6.07) is 5.66. The van der Waals surface area contributed by atoms with Crippen LogP contribution in [0.25, 0.3) is 0 Å². The summed E-state index contributed by atoms with van der Waals surface area (Å²) in [4.78, 5) is 11.2. The maximum absolute atomic E-state index is 11.9. The largest absolute Gasteiger partial charge is 0.522 e. The van der Waals surface area contributed by atoms with Gasteiger partial charge in [0, 0.05) is 12.0 Å². The molecule has 1 aromatic rings. The van der Waals surface area contributed by atoms with Gasteiger partial charge in [0.1, 0.15) is 5.75 Å². The minimum atomic E-state index is -4.94. The Morgan fingerprint density at radius 3 is 2.25 bits per heavy atom. The fraction of sp³-hybridized carbons (Fsp3) is 0.300. The molecule has 0 aliphatic rings. The lowest BCUT2D eigenvalue weighted by Gasteiger charge is -2.15. The van der Waals surface area contributed by atoms with Crippen LogP contribution in [0.5, 0.6) is 5.75 Å². The van der Waals surface area contributed by atoms with Gasteiger partial charge in [0.2, 0.25) is 0 Å². The highest BCUT2D eigenvalue weighted by Gasteiger charge is 2.24. The number of benzene rings is 1. The lowest BCUT2D eigenvalue weighted by atomic mass is 9.95. The van der Waals surface area contributed by atoms with Crippen molar-refractivity contribution in [1.29, 1.82) is 0 Å². The van der Waals surface area contributed by atoms with Crippen molar-refractivity contribution >= 4 is 12.8 Å². The van der Waals surface area contributed by atoms with Crippen LogP contribution in [0.2, 0.25) is 0 Å². The molecule has 6 heteroatoms. The molecule has 0 aromatic heterocycles. The molecule has 0 fully saturated rings. The minimum Gasteiger partial charge on any atom is -0.522 e. The summed E-state index contributed by atoms with van der Waals surface area (Å²) < 4.78 is 40.2. The molecule has 0 aliphatic heterocycles. The molecular weight excluding hydrogens is 220 g/mol. The molecular formula is C10H11BF3O2-. The van der Waals surface area contributed by atoms with E-state index < -0.39 is 13.5 Å². The van der Waals surface area contributed by atoms with Gasteiger partial charge in [-0.1, -0.05) is 6.92 Å². The molecule has 0 atom stereocenters. The molecule has 0 amide bonds. The second-order valence-electron chi connectivity index (χ2n) is 3.32. The maximum Gasteiger partial charge on any atom is 0.515 e. The maximum atomic E-state index is 11.9. The average Bonchev–Trinajstić information content (AvgIpc) is 2.25. The van der Waals surface area contributed by atoms with Gasteiger partial charge < -0.3 is 17.7 Å². The van der Waals surface area contributed by atoms with E-state index >= 15 is 0 Å². The first-order valence-corrected chi connectivity index (χ1v) is 4.89. The summed E-state index contributed by atoms with van der Waals surface area (Å²) in [6.45, 7) is -4.49. The van der Waals surface area contributed by atoms with Crippen LogP contribution < -0.4 is 4.74 Å². The lowest BCUT2D eigenvalue weighted by molar-refractivity contribution is 0.0988. The van der Waals surface area contributed by atoms with E-state index in [0.717, 1.165) is 0 Å². The smallest absolute Gasteiger partial charge is 0.515 e. The quantitative estimate of drug-likeness (QED) is 0.575. The monoisotopic (exact) mass is 231 g/mol. The second-order valence-corrected chi connectivity index (χ2v) is 3.32. The number of rotatable bonds is 5. The zero-order chi connectivity index (χ0) is 12.2. The third-order valence-corrected chi connectivity index (χ3v) is 1.94. The van der Waals surface area contributed by atoms with Crippen molar-refractivity contribution in [2.75, 3.05) is 6.51 Å². The van der Waals surface area contributed by atoms with Gasteiger partial charge in [-0.25, -0.2) is 0 Å². The zero-order valence-electron chi connectivity index (χ0n) is 8.75. The number of hydrogen-bond donors (Lipinski definition) is 0. The normalized spacial score (nSPS) is 11.2. The molecule has 1 aromatic carbocycles. The van der Waals surface area contributed by atoms with E-state index in [1.807, 2.05) is 0 Å². The number of ether oxygens (including phenoxy) is 1. The molecule has 2 nitrogen and oxygen atoms in total. The summed E-state index contributed by atoms with van der Waals surface area (Å²) in [7, 11) is 0. The van der Waals surface area contributed by atoms with Gasteiger partial charge in [0.15, 0.2) is 5.78 Å². The van der Waals surface area contributed by atoms with E-state index in [9.17, 15) is 17.7 Å². The molecule has 0 bridgehead atoms. The van der Waals surface area contributed by atoms with E-state index in [1.165, 1.54) is 24.3 Å². The Balaban J connectivity index is 2.62. The first-order valence-electron chi connectivity index (χ1n) is 4.89. The van der Waals surface area contributed by atoms with E-state index in [2.05, 4.69) is 4.74 Å². The van der Waals surface area contributed by atoms with E-state index in [-0.39, 0.29) is 11.5 Å². The molecule has 0 unspecified atom stereocenters. The molecule has 0 heterocycles. The van der Waals surface area contributed by atoms with Crippen LogP contribution in [0.4, 0.5) is 12.9 Å². The highest BCUT2D eigenvalue weighted by Crippen LogP contribution is 2.16. The van der Waals surface area contributed by atoms with Crippen LogP contribution >= 0.6 is 0 Å². The van der Waals surface area contributed by atoms with Crippen molar-refractivity contribution < 1.29 is 22.5 Å². The summed E-state index contributed by atoms with van der Waals surface area (Å²) in [5, 5.41) is 0. The van der Waals surface area contributed by atoms with Gasteiger partial charge in [-0.05, 0) is 24.3 Å². The molecule has 0 radical (unpaired) electrons. The summed E-state index contributed by atoms with van der Waals surface area (Å²) in [5.74, 6) is 0.0680. The van der Waals surface area contributed by atoms with Crippen LogP contribution in [0, 0.1) is 0 Å². The Morgan fingerprint density at radius 1 is 1.25 bits per heavy atom. The number of Topliss-reactive ketones (excluding diaryl/α,β-unsaturated/α-hetero) is 1. The van der Waals surface area contributed by atoms with Crippen molar-refractivity contribution in [3.8, 4) is 5.75 Å². The van der Waals surface area contributed by atoms with Crippen LogP contribution in [-0.4, -0.2) is 19.3 Å². The predicted molar refractivity (Wildman–Crippen MR) is 55.6 cm³/mol. The molecule has 16 heavy (non-hydrogen) atoms. The molecule has 0 saturated heterocycles. The molecule has 0 spiro atoms. The predicted octanol–water partition coefficient (Wildman–Crippen LogP) is 3.04. The second kappa shape index (κ2) is 5.05. The topological polar surface area (TPSA) is 26.3 Å². The summed E-state index contributed by atoms with van der Waals surface area (Å²) in [6.07, 6.45) is 0.367. The van der Waals surface area contributed by atoms with Gasteiger partial charge in [-0.2, -0.15) is 0 Å². The first kappa shape index (κ1) is 12.6. The van der Waals surface area contributed by atoms with Crippen molar-refractivity contribution in [1.82, 2.24) is 0 Å². The lowest BCUT2D eigenvalue weighted by Crippen LogP contribution is -2.26. The average molecular weight is 231 g/mol. The van der Waals surface area contributed by atoms with Crippen LogP contribution in [0.15, 0.2) is 24.3 Å². The van der Waals surface area contributed by atoms with E-state index in [4.69, 9.17) is 0 Å². The fourth-order valence-corrected chi connectivity index (χ4v) is 1.13. The van der Waals surface area contributed by atoms with Gasteiger partial charge in [0.25, 0.3) is 0 Å². The summed E-state index contributed by atoms with van der Waals surface area (Å²) >= 11 is 0. The minimum absolute atomic E-state index is 0.0495. The Kier molecular flexibility index (Phi) is 3.98. The van der Waals surface area contributed by atoms with Crippen molar-refractivity contribution in [2.24, 2.45) is 0 Å². The number of halogens is 3. The number of ketones is 1. The molecule has 0 saturated carbocycles. The van der Waals surface area contributed by atoms with Gasteiger partial charge >= 0.3 is 6.98 Å². The van der Waals surface area contributed by atoms with Crippen LogP contribution in [-0.2, 0) is 0 Å². The highest BCUT2D eigenvalue weighted by molar-refractivity contribution is 6.58. The highest BCUT2D eigenvalue weighted by atomic mass is 19.4. The first-order chi connectivity index (χ1) is 7.42. The summed E-state index contributed by atoms with van der Waals surface area (Å²) in [5.41, 5.74) is 0.479.